The van der Waals surface area contributed by atoms with E-state index in [0.717, 1.165) is 4.47 Å². The number of rotatable bonds is 4. The van der Waals surface area contributed by atoms with Crippen molar-refractivity contribution in [1.82, 2.24) is 5.16 Å². The Hall–Kier alpha value is -1.82. The number of halogens is 1. The van der Waals surface area contributed by atoms with Crippen molar-refractivity contribution >= 4 is 27.7 Å². The molecule has 5 nitrogen and oxygen atoms in total. The van der Waals surface area contributed by atoms with Crippen LogP contribution in [0, 0.1) is 6.92 Å². The zero-order valence-corrected chi connectivity index (χ0v) is 12.2. The van der Waals surface area contributed by atoms with Crippen molar-refractivity contribution in [2.24, 2.45) is 0 Å². The Balaban J connectivity index is 2.24. The number of benzene rings is 1. The number of carbonyl (C=O) groups is 1. The zero-order chi connectivity index (χ0) is 13.8. The van der Waals surface area contributed by atoms with Crippen LogP contribution >= 0.6 is 15.9 Å². The van der Waals surface area contributed by atoms with Gasteiger partial charge in [-0.25, -0.2) is 0 Å². The van der Waals surface area contributed by atoms with Crippen LogP contribution in [0.3, 0.4) is 0 Å². The Morgan fingerprint density at radius 1 is 1.47 bits per heavy atom. The van der Waals surface area contributed by atoms with Crippen LogP contribution in [0.1, 0.15) is 23.0 Å². The van der Waals surface area contributed by atoms with Crippen molar-refractivity contribution in [2.45, 2.75) is 13.8 Å². The average molecular weight is 325 g/mol. The third kappa shape index (κ3) is 3.35. The van der Waals surface area contributed by atoms with Crippen molar-refractivity contribution in [3.05, 3.63) is 40.1 Å². The van der Waals surface area contributed by atoms with Gasteiger partial charge in [0.25, 0.3) is 5.91 Å². The molecule has 0 unspecified atom stereocenters. The minimum atomic E-state index is -0.293. The number of hydrogen-bond acceptors (Lipinski definition) is 4. The molecule has 0 radical (unpaired) electrons. The third-order valence-electron chi connectivity index (χ3n) is 2.36. The first-order valence-corrected chi connectivity index (χ1v) is 6.56. The summed E-state index contributed by atoms with van der Waals surface area (Å²) in [6.45, 7) is 4.11. The summed E-state index contributed by atoms with van der Waals surface area (Å²) >= 11 is 3.34. The highest BCUT2D eigenvalue weighted by atomic mass is 79.9. The Bertz CT molecular complexity index is 595. The van der Waals surface area contributed by atoms with Crippen molar-refractivity contribution in [3.8, 4) is 5.75 Å². The minimum absolute atomic E-state index is 0.293. The molecule has 1 amide bonds. The molecule has 6 heteroatoms. The Morgan fingerprint density at radius 2 is 2.26 bits per heavy atom. The van der Waals surface area contributed by atoms with E-state index in [1.165, 1.54) is 0 Å². The number of hydrogen-bond donors (Lipinski definition) is 1. The standard InChI is InChI=1S/C13H13BrN2O3/c1-3-18-11-5-4-9(14)7-10(11)13(17)15-12-6-8(2)19-16-12/h4-7H,3H2,1-2H3,(H,15,16,17). The number of ether oxygens (including phenoxy) is 1. The molecule has 0 aliphatic rings. The molecule has 0 saturated carbocycles. The van der Waals surface area contributed by atoms with E-state index in [1.54, 1.807) is 25.1 Å². The summed E-state index contributed by atoms with van der Waals surface area (Å²) in [6.07, 6.45) is 0. The van der Waals surface area contributed by atoms with E-state index in [0.29, 0.717) is 29.5 Å². The number of nitrogens with zero attached hydrogens (tertiary/aromatic N) is 1. The van der Waals surface area contributed by atoms with Gasteiger partial charge < -0.3 is 14.6 Å². The van der Waals surface area contributed by atoms with Gasteiger partial charge in [0.1, 0.15) is 11.5 Å². The second-order valence-electron chi connectivity index (χ2n) is 3.85. The third-order valence-corrected chi connectivity index (χ3v) is 2.85. The SMILES string of the molecule is CCOc1ccc(Br)cc1C(=O)Nc1cc(C)on1. The average Bonchev–Trinajstić information content (AvgIpc) is 2.77. The number of anilines is 1. The molecule has 1 aromatic heterocycles. The van der Waals surface area contributed by atoms with Gasteiger partial charge in [-0.15, -0.1) is 0 Å². The molecule has 0 saturated heterocycles. The highest BCUT2D eigenvalue weighted by Gasteiger charge is 2.14. The van der Waals surface area contributed by atoms with E-state index in [1.807, 2.05) is 13.0 Å². The summed E-state index contributed by atoms with van der Waals surface area (Å²) in [4.78, 5) is 12.2. The topological polar surface area (TPSA) is 64.4 Å². The highest BCUT2D eigenvalue weighted by molar-refractivity contribution is 9.10. The van der Waals surface area contributed by atoms with Crippen LogP contribution in [0.4, 0.5) is 5.82 Å². The first-order valence-electron chi connectivity index (χ1n) is 5.77. The van der Waals surface area contributed by atoms with E-state index in [9.17, 15) is 4.79 Å². The molecular formula is C13H13BrN2O3. The summed E-state index contributed by atoms with van der Waals surface area (Å²) in [7, 11) is 0. The van der Waals surface area contributed by atoms with E-state index in [2.05, 4.69) is 26.4 Å². The second-order valence-corrected chi connectivity index (χ2v) is 4.77. The molecule has 100 valence electrons. The fourth-order valence-corrected chi connectivity index (χ4v) is 1.93. The number of amides is 1. The molecule has 1 aromatic carbocycles. The monoisotopic (exact) mass is 324 g/mol. The summed E-state index contributed by atoms with van der Waals surface area (Å²) in [5.41, 5.74) is 0.442. The minimum Gasteiger partial charge on any atom is -0.493 e. The zero-order valence-electron chi connectivity index (χ0n) is 10.6. The van der Waals surface area contributed by atoms with E-state index in [-0.39, 0.29) is 5.91 Å². The number of aryl methyl sites for hydroxylation is 1. The smallest absolute Gasteiger partial charge is 0.260 e. The van der Waals surface area contributed by atoms with Gasteiger partial charge in [0.2, 0.25) is 0 Å². The van der Waals surface area contributed by atoms with Crippen molar-refractivity contribution in [2.75, 3.05) is 11.9 Å². The predicted octanol–water partition coefficient (Wildman–Crippen LogP) is 3.40. The Labute approximate surface area is 119 Å². The van der Waals surface area contributed by atoms with Gasteiger partial charge >= 0.3 is 0 Å². The second kappa shape index (κ2) is 5.88. The molecule has 0 aliphatic heterocycles. The van der Waals surface area contributed by atoms with Gasteiger partial charge in [0.05, 0.1) is 12.2 Å². The lowest BCUT2D eigenvalue weighted by molar-refractivity contribution is 0.102. The molecule has 0 spiro atoms. The van der Waals surface area contributed by atoms with Crippen LogP contribution < -0.4 is 10.1 Å². The van der Waals surface area contributed by atoms with Crippen molar-refractivity contribution in [1.29, 1.82) is 0 Å². The summed E-state index contributed by atoms with van der Waals surface area (Å²) in [5, 5.41) is 6.38. The van der Waals surface area contributed by atoms with Gasteiger partial charge in [0.15, 0.2) is 5.82 Å². The number of nitrogens with one attached hydrogen (secondary N) is 1. The normalized spacial score (nSPS) is 10.3. The fourth-order valence-electron chi connectivity index (χ4n) is 1.57. The summed E-state index contributed by atoms with van der Waals surface area (Å²) in [5.74, 6) is 1.25. The van der Waals surface area contributed by atoms with E-state index >= 15 is 0 Å². The fraction of sp³-hybridized carbons (Fsp3) is 0.231. The molecule has 0 atom stereocenters. The van der Waals surface area contributed by atoms with Crippen molar-refractivity contribution < 1.29 is 14.1 Å². The maximum absolute atomic E-state index is 12.2. The summed E-state index contributed by atoms with van der Waals surface area (Å²) < 4.78 is 11.1. The number of carbonyl (C=O) groups excluding carboxylic acids is 1. The van der Waals surface area contributed by atoms with Gasteiger partial charge in [-0.2, -0.15) is 0 Å². The lowest BCUT2D eigenvalue weighted by Crippen LogP contribution is -2.14. The largest absolute Gasteiger partial charge is 0.493 e. The van der Waals surface area contributed by atoms with Crippen LogP contribution in [0.2, 0.25) is 0 Å². The molecule has 19 heavy (non-hydrogen) atoms. The quantitative estimate of drug-likeness (QED) is 0.936. The Kier molecular flexibility index (Phi) is 4.21. The van der Waals surface area contributed by atoms with Crippen LogP contribution in [-0.2, 0) is 0 Å². The van der Waals surface area contributed by atoms with Crippen molar-refractivity contribution in [3.63, 3.8) is 0 Å². The predicted molar refractivity (Wildman–Crippen MR) is 74.5 cm³/mol. The van der Waals surface area contributed by atoms with Crippen LogP contribution in [-0.4, -0.2) is 17.7 Å². The first kappa shape index (κ1) is 13.6. The maximum Gasteiger partial charge on any atom is 0.260 e. The van der Waals surface area contributed by atoms with Gasteiger partial charge in [-0.3, -0.25) is 4.79 Å². The van der Waals surface area contributed by atoms with Crippen LogP contribution in [0.5, 0.6) is 5.75 Å². The number of aromatic nitrogens is 1. The summed E-state index contributed by atoms with van der Waals surface area (Å²) in [6, 6.07) is 6.92. The van der Waals surface area contributed by atoms with Gasteiger partial charge in [-0.1, -0.05) is 21.1 Å². The lowest BCUT2D eigenvalue weighted by atomic mass is 10.2. The maximum atomic E-state index is 12.2. The molecule has 2 aromatic rings. The molecule has 0 fully saturated rings. The van der Waals surface area contributed by atoms with Crippen LogP contribution in [0.15, 0.2) is 33.3 Å². The lowest BCUT2D eigenvalue weighted by Gasteiger charge is -2.09. The van der Waals surface area contributed by atoms with Gasteiger partial charge in [0, 0.05) is 10.5 Å². The first-order chi connectivity index (χ1) is 9.10. The van der Waals surface area contributed by atoms with Crippen LogP contribution in [0.25, 0.3) is 0 Å². The molecule has 1 heterocycles. The molecule has 2 rings (SSSR count). The molecule has 0 aliphatic carbocycles. The Morgan fingerprint density at radius 3 is 2.89 bits per heavy atom. The molecular weight excluding hydrogens is 312 g/mol. The van der Waals surface area contributed by atoms with Gasteiger partial charge in [-0.05, 0) is 32.0 Å². The molecule has 0 bridgehead atoms. The highest BCUT2D eigenvalue weighted by Crippen LogP contribution is 2.24. The van der Waals surface area contributed by atoms with E-state index in [4.69, 9.17) is 9.26 Å². The van der Waals surface area contributed by atoms with E-state index < -0.39 is 0 Å². The molecule has 1 N–H and O–H groups in total.